The van der Waals surface area contributed by atoms with Crippen molar-refractivity contribution < 1.29 is 0 Å². The molecule has 1 fully saturated rings. The van der Waals surface area contributed by atoms with Crippen molar-refractivity contribution in [3.8, 4) is 0 Å². The van der Waals surface area contributed by atoms with Crippen LogP contribution in [0.1, 0.15) is 33.1 Å². The first kappa shape index (κ1) is 14.4. The highest BCUT2D eigenvalue weighted by Crippen LogP contribution is 2.30. The fraction of sp³-hybridized carbons (Fsp3) is 0.647. The molecule has 3 atom stereocenters. The average molecular weight is 260 g/mol. The van der Waals surface area contributed by atoms with E-state index in [1.54, 1.807) is 0 Å². The van der Waals surface area contributed by atoms with Gasteiger partial charge in [-0.2, -0.15) is 0 Å². The van der Waals surface area contributed by atoms with E-state index >= 15 is 0 Å². The van der Waals surface area contributed by atoms with Crippen molar-refractivity contribution >= 4 is 5.69 Å². The van der Waals surface area contributed by atoms with Crippen molar-refractivity contribution in [1.29, 1.82) is 0 Å². The lowest BCUT2D eigenvalue weighted by atomic mass is 9.78. The van der Waals surface area contributed by atoms with E-state index in [4.69, 9.17) is 0 Å². The minimum atomic E-state index is 0.689. The third kappa shape index (κ3) is 3.73. The lowest BCUT2D eigenvalue weighted by molar-refractivity contribution is 0.224. The van der Waals surface area contributed by atoms with Gasteiger partial charge in [0.2, 0.25) is 0 Å². The van der Waals surface area contributed by atoms with Gasteiger partial charge in [-0.3, -0.25) is 0 Å². The van der Waals surface area contributed by atoms with Gasteiger partial charge in [-0.05, 0) is 57.2 Å². The molecule has 0 aromatic heterocycles. The molecule has 1 aromatic rings. The largest absolute Gasteiger partial charge is 0.371 e. The lowest BCUT2D eigenvalue weighted by Gasteiger charge is -2.38. The van der Waals surface area contributed by atoms with Gasteiger partial charge >= 0.3 is 0 Å². The molecule has 106 valence electrons. The highest BCUT2D eigenvalue weighted by Gasteiger charge is 2.28. The van der Waals surface area contributed by atoms with Crippen LogP contribution in [0.5, 0.6) is 0 Å². The summed E-state index contributed by atoms with van der Waals surface area (Å²) in [6.07, 6.45) is 4.06. The summed E-state index contributed by atoms with van der Waals surface area (Å²) in [6, 6.07) is 11.5. The van der Waals surface area contributed by atoms with Gasteiger partial charge in [0, 0.05) is 24.8 Å². The third-order valence-corrected chi connectivity index (χ3v) is 4.57. The summed E-state index contributed by atoms with van der Waals surface area (Å²) in [5.41, 5.74) is 1.36. The Labute approximate surface area is 118 Å². The van der Waals surface area contributed by atoms with Crippen LogP contribution in [0.15, 0.2) is 30.3 Å². The molecule has 19 heavy (non-hydrogen) atoms. The fourth-order valence-electron chi connectivity index (χ4n) is 3.42. The minimum absolute atomic E-state index is 0.689. The number of benzene rings is 1. The molecule has 2 rings (SSSR count). The number of nitrogens with zero attached hydrogens (tertiary/aromatic N) is 1. The van der Waals surface area contributed by atoms with Crippen LogP contribution < -0.4 is 10.2 Å². The molecule has 0 amide bonds. The molecule has 1 N–H and O–H groups in total. The number of para-hydroxylation sites is 1. The number of anilines is 1. The van der Waals surface area contributed by atoms with Crippen LogP contribution in [-0.4, -0.2) is 26.2 Å². The Kier molecular flexibility index (Phi) is 5.26. The molecular formula is C17H28N2. The second-order valence-corrected chi connectivity index (χ2v) is 5.95. The number of nitrogens with one attached hydrogen (secondary N) is 1. The van der Waals surface area contributed by atoms with Gasteiger partial charge in [-0.15, -0.1) is 0 Å². The maximum absolute atomic E-state index is 3.53. The van der Waals surface area contributed by atoms with Gasteiger partial charge in [0.05, 0.1) is 0 Å². The van der Waals surface area contributed by atoms with E-state index in [1.807, 2.05) is 0 Å². The normalized spacial score (nSPS) is 27.2. The average Bonchev–Trinajstić information content (AvgIpc) is 2.46. The Morgan fingerprint density at radius 2 is 1.95 bits per heavy atom. The quantitative estimate of drug-likeness (QED) is 0.871. The molecule has 3 unspecified atom stereocenters. The van der Waals surface area contributed by atoms with Crippen molar-refractivity contribution in [2.45, 2.75) is 39.2 Å². The zero-order valence-corrected chi connectivity index (χ0v) is 12.6. The van der Waals surface area contributed by atoms with Crippen LogP contribution in [0.25, 0.3) is 0 Å². The van der Waals surface area contributed by atoms with Gasteiger partial charge in [0.15, 0.2) is 0 Å². The van der Waals surface area contributed by atoms with Gasteiger partial charge < -0.3 is 10.2 Å². The second-order valence-electron chi connectivity index (χ2n) is 5.95. The fourth-order valence-corrected chi connectivity index (χ4v) is 3.42. The summed E-state index contributed by atoms with van der Waals surface area (Å²) < 4.78 is 0. The molecule has 2 heteroatoms. The van der Waals surface area contributed by atoms with Crippen molar-refractivity contribution in [2.24, 2.45) is 11.8 Å². The van der Waals surface area contributed by atoms with Crippen LogP contribution in [0.3, 0.4) is 0 Å². The predicted molar refractivity (Wildman–Crippen MR) is 83.7 cm³/mol. The summed E-state index contributed by atoms with van der Waals surface area (Å²) >= 11 is 0. The highest BCUT2D eigenvalue weighted by atomic mass is 15.1. The molecule has 0 aliphatic heterocycles. The molecule has 2 nitrogen and oxygen atoms in total. The van der Waals surface area contributed by atoms with E-state index in [1.165, 1.54) is 31.5 Å². The number of hydrogen-bond acceptors (Lipinski definition) is 2. The lowest BCUT2D eigenvalue weighted by Crippen LogP contribution is -2.44. The van der Waals surface area contributed by atoms with Gasteiger partial charge in [0.1, 0.15) is 0 Å². The Hall–Kier alpha value is -1.02. The van der Waals surface area contributed by atoms with Crippen LogP contribution in [0, 0.1) is 11.8 Å². The molecule has 0 heterocycles. The topological polar surface area (TPSA) is 15.3 Å². The first-order valence-electron chi connectivity index (χ1n) is 7.71. The summed E-state index contributed by atoms with van der Waals surface area (Å²) in [4.78, 5) is 2.52. The number of rotatable bonds is 5. The molecule has 0 saturated heterocycles. The smallest absolute Gasteiger partial charge is 0.0366 e. The predicted octanol–water partition coefficient (Wildman–Crippen LogP) is 3.54. The van der Waals surface area contributed by atoms with Crippen molar-refractivity contribution in [3.05, 3.63) is 30.3 Å². The Morgan fingerprint density at radius 1 is 1.21 bits per heavy atom. The molecule has 1 aromatic carbocycles. The Morgan fingerprint density at radius 3 is 2.58 bits per heavy atom. The van der Waals surface area contributed by atoms with E-state index < -0.39 is 0 Å². The Bertz CT molecular complexity index is 363. The minimum Gasteiger partial charge on any atom is -0.371 e. The maximum atomic E-state index is 3.53. The molecule has 0 spiro atoms. The molecule has 1 saturated carbocycles. The first-order valence-corrected chi connectivity index (χ1v) is 7.71. The SMILES string of the molecule is CCN(CC1CC(C)CCC1NC)c1ccccc1. The van der Waals surface area contributed by atoms with E-state index in [0.717, 1.165) is 18.4 Å². The summed E-state index contributed by atoms with van der Waals surface area (Å²) in [5.74, 6) is 1.65. The van der Waals surface area contributed by atoms with Crippen molar-refractivity contribution in [1.82, 2.24) is 5.32 Å². The van der Waals surface area contributed by atoms with Crippen LogP contribution in [0.4, 0.5) is 5.69 Å². The van der Waals surface area contributed by atoms with E-state index in [0.29, 0.717) is 6.04 Å². The highest BCUT2D eigenvalue weighted by molar-refractivity contribution is 5.45. The van der Waals surface area contributed by atoms with Crippen molar-refractivity contribution in [3.63, 3.8) is 0 Å². The Balaban J connectivity index is 2.04. The summed E-state index contributed by atoms with van der Waals surface area (Å²) in [6.45, 7) is 6.92. The number of hydrogen-bond donors (Lipinski definition) is 1. The van der Waals surface area contributed by atoms with Crippen LogP contribution >= 0.6 is 0 Å². The standard InChI is InChI=1S/C17H28N2/c1-4-19(16-8-6-5-7-9-16)13-15-12-14(2)10-11-17(15)18-3/h5-9,14-15,17-18H,4,10-13H2,1-3H3. The van der Waals surface area contributed by atoms with E-state index in [9.17, 15) is 0 Å². The summed E-state index contributed by atoms with van der Waals surface area (Å²) in [7, 11) is 2.12. The zero-order chi connectivity index (χ0) is 13.7. The van der Waals surface area contributed by atoms with E-state index in [2.05, 4.69) is 61.4 Å². The third-order valence-electron chi connectivity index (χ3n) is 4.57. The molecule has 1 aliphatic carbocycles. The molecule has 0 bridgehead atoms. The summed E-state index contributed by atoms with van der Waals surface area (Å²) in [5, 5.41) is 3.53. The maximum Gasteiger partial charge on any atom is 0.0366 e. The van der Waals surface area contributed by atoms with Crippen molar-refractivity contribution in [2.75, 3.05) is 25.0 Å². The van der Waals surface area contributed by atoms with Crippen LogP contribution in [0.2, 0.25) is 0 Å². The van der Waals surface area contributed by atoms with E-state index in [-0.39, 0.29) is 0 Å². The monoisotopic (exact) mass is 260 g/mol. The van der Waals surface area contributed by atoms with Crippen LogP contribution in [-0.2, 0) is 0 Å². The molecule has 0 radical (unpaired) electrons. The second kappa shape index (κ2) is 6.95. The molecular weight excluding hydrogens is 232 g/mol. The van der Waals surface area contributed by atoms with Gasteiger partial charge in [0.25, 0.3) is 0 Å². The van der Waals surface area contributed by atoms with Gasteiger partial charge in [-0.1, -0.05) is 25.1 Å². The van der Waals surface area contributed by atoms with Gasteiger partial charge in [-0.25, -0.2) is 0 Å². The molecule has 1 aliphatic rings. The first-order chi connectivity index (χ1) is 9.24. The zero-order valence-electron chi connectivity index (χ0n) is 12.6.